The van der Waals surface area contributed by atoms with E-state index in [1.165, 1.54) is 34.3 Å². The summed E-state index contributed by atoms with van der Waals surface area (Å²) in [7, 11) is 0. The number of hydrogen-bond acceptors (Lipinski definition) is 5. The van der Waals surface area contributed by atoms with Crippen molar-refractivity contribution in [3.8, 4) is 11.8 Å². The van der Waals surface area contributed by atoms with Crippen LogP contribution in [-0.2, 0) is 18.7 Å². The van der Waals surface area contributed by atoms with Crippen LogP contribution in [0.4, 0.5) is 14.5 Å². The highest BCUT2D eigenvalue weighted by Gasteiger charge is 2.34. The molecule has 0 bridgehead atoms. The van der Waals surface area contributed by atoms with Crippen molar-refractivity contribution in [3.05, 3.63) is 131 Å². The van der Waals surface area contributed by atoms with Gasteiger partial charge in [0.2, 0.25) is 0 Å². The molecular formula is C29H21ClF2N6O2. The van der Waals surface area contributed by atoms with Crippen LogP contribution in [-0.4, -0.2) is 35.6 Å². The summed E-state index contributed by atoms with van der Waals surface area (Å²) in [5, 5.41) is 23.1. The first kappa shape index (κ1) is 26.7. The Labute approximate surface area is 232 Å². The van der Waals surface area contributed by atoms with Gasteiger partial charge in [-0.2, -0.15) is 10.2 Å². The summed E-state index contributed by atoms with van der Waals surface area (Å²) >= 11 is 5.88. The van der Waals surface area contributed by atoms with Crippen LogP contribution in [0.3, 0.4) is 0 Å². The van der Waals surface area contributed by atoms with E-state index in [0.717, 1.165) is 6.07 Å². The van der Waals surface area contributed by atoms with E-state index >= 15 is 0 Å². The number of nitrogens with one attached hydrogen (secondary N) is 1. The molecule has 2 heterocycles. The lowest BCUT2D eigenvalue weighted by Gasteiger charge is -2.28. The van der Waals surface area contributed by atoms with Crippen molar-refractivity contribution in [1.29, 1.82) is 0 Å². The van der Waals surface area contributed by atoms with Crippen LogP contribution in [0, 0.1) is 23.5 Å². The van der Waals surface area contributed by atoms with Crippen LogP contribution in [0.25, 0.3) is 0 Å². The molecule has 0 spiro atoms. The Morgan fingerprint density at radius 3 is 2.38 bits per heavy atom. The zero-order chi connectivity index (χ0) is 28.1. The van der Waals surface area contributed by atoms with Gasteiger partial charge in [-0.25, -0.2) is 18.4 Å². The lowest BCUT2D eigenvalue weighted by molar-refractivity contribution is -0.00847. The molecule has 3 aromatic carbocycles. The van der Waals surface area contributed by atoms with Crippen LogP contribution in [0.15, 0.2) is 91.8 Å². The van der Waals surface area contributed by atoms with E-state index in [0.29, 0.717) is 33.5 Å². The summed E-state index contributed by atoms with van der Waals surface area (Å²) in [6.45, 7) is -0.303. The number of hydrogen-bond donors (Lipinski definition) is 2. The van der Waals surface area contributed by atoms with E-state index in [9.17, 15) is 18.7 Å². The molecule has 1 amide bonds. The minimum absolute atomic E-state index is 0.104. The predicted octanol–water partition coefficient (Wildman–Crippen LogP) is 4.65. The van der Waals surface area contributed by atoms with Gasteiger partial charge in [0, 0.05) is 39.7 Å². The Kier molecular flexibility index (Phi) is 7.68. The van der Waals surface area contributed by atoms with Crippen LogP contribution in [0.2, 0.25) is 5.02 Å². The molecule has 5 aromatic rings. The average molecular weight is 559 g/mol. The molecule has 200 valence electrons. The van der Waals surface area contributed by atoms with Crippen molar-refractivity contribution in [2.75, 3.05) is 5.32 Å². The van der Waals surface area contributed by atoms with Crippen molar-refractivity contribution in [3.63, 3.8) is 0 Å². The minimum atomic E-state index is -1.81. The van der Waals surface area contributed by atoms with Crippen LogP contribution < -0.4 is 5.32 Å². The number of rotatable bonds is 7. The Morgan fingerprint density at radius 1 is 0.950 bits per heavy atom. The highest BCUT2D eigenvalue weighted by Crippen LogP contribution is 2.28. The smallest absolute Gasteiger partial charge is 0.255 e. The number of carbonyl (C=O) groups excluding carboxylic acids is 1. The van der Waals surface area contributed by atoms with E-state index in [1.54, 1.807) is 54.7 Å². The molecule has 1 unspecified atom stereocenters. The summed E-state index contributed by atoms with van der Waals surface area (Å²) in [4.78, 5) is 16.3. The molecule has 1 atom stereocenters. The third-order valence-electron chi connectivity index (χ3n) is 5.98. The van der Waals surface area contributed by atoms with Crippen molar-refractivity contribution >= 4 is 23.2 Å². The van der Waals surface area contributed by atoms with Gasteiger partial charge in [0.25, 0.3) is 5.91 Å². The molecule has 0 saturated heterocycles. The Hall–Kier alpha value is -4.85. The fraction of sp³-hybridized carbons (Fsp3) is 0.103. The normalized spacial score (nSPS) is 12.3. The molecule has 40 heavy (non-hydrogen) atoms. The van der Waals surface area contributed by atoms with Gasteiger partial charge in [-0.1, -0.05) is 29.5 Å². The summed E-state index contributed by atoms with van der Waals surface area (Å²) in [5.74, 6) is 4.09. The molecule has 0 aliphatic rings. The number of aromatic nitrogens is 5. The van der Waals surface area contributed by atoms with Crippen LogP contribution >= 0.6 is 11.6 Å². The first-order valence-electron chi connectivity index (χ1n) is 12.0. The predicted molar refractivity (Wildman–Crippen MR) is 144 cm³/mol. The SMILES string of the molecule is O=C(Nc1ccc(Cl)cc1)c1ccc(C#Cc2cnn(CC(O)(Cn3cncn3)c3ccc(F)cc3F)c2)cc1. The fourth-order valence-corrected chi connectivity index (χ4v) is 4.16. The summed E-state index contributed by atoms with van der Waals surface area (Å²) in [5.41, 5.74) is 0.399. The monoisotopic (exact) mass is 558 g/mol. The second-order valence-electron chi connectivity index (χ2n) is 8.96. The van der Waals surface area contributed by atoms with Crippen LogP contribution in [0.1, 0.15) is 27.0 Å². The van der Waals surface area contributed by atoms with Gasteiger partial charge in [-0.3, -0.25) is 9.48 Å². The van der Waals surface area contributed by atoms with Gasteiger partial charge in [-0.15, -0.1) is 0 Å². The van der Waals surface area contributed by atoms with Crippen molar-refractivity contribution in [1.82, 2.24) is 24.5 Å². The zero-order valence-electron chi connectivity index (χ0n) is 20.8. The first-order chi connectivity index (χ1) is 19.3. The number of benzene rings is 3. The zero-order valence-corrected chi connectivity index (χ0v) is 21.6. The number of amides is 1. The quantitative estimate of drug-likeness (QED) is 0.284. The maximum absolute atomic E-state index is 14.7. The topological polar surface area (TPSA) is 97.9 Å². The Morgan fingerprint density at radius 2 is 1.68 bits per heavy atom. The molecule has 2 N–H and O–H groups in total. The van der Waals surface area contributed by atoms with Crippen LogP contribution in [0.5, 0.6) is 0 Å². The van der Waals surface area contributed by atoms with Crippen molar-refractivity contribution in [2.45, 2.75) is 18.7 Å². The Balaban J connectivity index is 1.29. The maximum Gasteiger partial charge on any atom is 0.255 e. The van der Waals surface area contributed by atoms with Gasteiger partial charge in [0.15, 0.2) is 0 Å². The highest BCUT2D eigenvalue weighted by molar-refractivity contribution is 6.30. The third-order valence-corrected chi connectivity index (χ3v) is 6.23. The number of halogens is 3. The van der Waals surface area contributed by atoms with E-state index in [4.69, 9.17) is 11.6 Å². The van der Waals surface area contributed by atoms with E-state index in [1.807, 2.05) is 0 Å². The second-order valence-corrected chi connectivity index (χ2v) is 9.40. The van der Waals surface area contributed by atoms with Gasteiger partial charge in [-0.05, 0) is 54.6 Å². The molecular weight excluding hydrogens is 538 g/mol. The average Bonchev–Trinajstić information content (AvgIpc) is 3.61. The summed E-state index contributed by atoms with van der Waals surface area (Å²) < 4.78 is 31.0. The molecule has 0 radical (unpaired) electrons. The number of carbonyl (C=O) groups is 1. The minimum Gasteiger partial charge on any atom is -0.381 e. The lowest BCUT2D eigenvalue weighted by atomic mass is 9.93. The molecule has 0 fully saturated rings. The molecule has 0 saturated carbocycles. The van der Waals surface area contributed by atoms with Crippen molar-refractivity contribution in [2.24, 2.45) is 0 Å². The summed E-state index contributed by atoms with van der Waals surface area (Å²) in [6.07, 6.45) is 5.80. The van der Waals surface area contributed by atoms with E-state index < -0.39 is 17.2 Å². The Bertz CT molecular complexity index is 1690. The second kappa shape index (κ2) is 11.5. The standard InChI is InChI=1S/C29H21ClF2N6O2/c30-23-7-10-25(11-8-23)36-28(39)22-5-3-20(4-6-22)1-2-21-14-34-37(15-21)16-29(40,17-38-19-33-18-35-38)26-12-9-24(31)13-27(26)32/h3-15,18-19,40H,16-17H2,(H,36,39). The molecule has 5 rings (SSSR count). The number of aliphatic hydroxyl groups is 1. The summed E-state index contributed by atoms with van der Waals surface area (Å²) in [6, 6.07) is 16.6. The molecule has 0 aliphatic carbocycles. The van der Waals surface area contributed by atoms with E-state index in [-0.39, 0.29) is 24.6 Å². The molecule has 11 heteroatoms. The van der Waals surface area contributed by atoms with Gasteiger partial charge < -0.3 is 10.4 Å². The molecule has 8 nitrogen and oxygen atoms in total. The highest BCUT2D eigenvalue weighted by atomic mass is 35.5. The van der Waals surface area contributed by atoms with Crippen molar-refractivity contribution < 1.29 is 18.7 Å². The lowest BCUT2D eigenvalue weighted by Crippen LogP contribution is -2.37. The third kappa shape index (κ3) is 6.40. The van der Waals surface area contributed by atoms with Gasteiger partial charge in [0.05, 0.1) is 24.8 Å². The fourth-order valence-electron chi connectivity index (χ4n) is 4.04. The molecule has 2 aromatic heterocycles. The van der Waals surface area contributed by atoms with Gasteiger partial charge >= 0.3 is 0 Å². The molecule has 0 aliphatic heterocycles. The van der Waals surface area contributed by atoms with E-state index in [2.05, 4.69) is 32.3 Å². The number of anilines is 1. The number of nitrogens with zero attached hydrogens (tertiary/aromatic N) is 5. The largest absolute Gasteiger partial charge is 0.381 e. The first-order valence-corrected chi connectivity index (χ1v) is 12.4. The van der Waals surface area contributed by atoms with Gasteiger partial charge in [0.1, 0.15) is 29.9 Å². The maximum atomic E-state index is 14.7.